The van der Waals surface area contributed by atoms with Gasteiger partial charge in [-0.25, -0.2) is 18.1 Å². The second kappa shape index (κ2) is 8.95. The van der Waals surface area contributed by atoms with E-state index in [1.165, 1.54) is 0 Å². The zero-order chi connectivity index (χ0) is 20.2. The first-order chi connectivity index (χ1) is 12.6. The number of aryl methyl sites for hydroxylation is 3. The van der Waals surface area contributed by atoms with Crippen LogP contribution in [-0.4, -0.2) is 25.9 Å². The second-order valence-corrected chi connectivity index (χ2v) is 9.58. The molecule has 0 aliphatic heterocycles. The normalized spacial score (nSPS) is 11.8. The summed E-state index contributed by atoms with van der Waals surface area (Å²) in [6.07, 6.45) is 0.0738. The number of carbonyl (C=O) groups excluding carboxylic acids is 1. The van der Waals surface area contributed by atoms with E-state index in [2.05, 4.69) is 28.9 Å². The lowest BCUT2D eigenvalue weighted by Gasteiger charge is -2.13. The van der Waals surface area contributed by atoms with Gasteiger partial charge in [-0.1, -0.05) is 31.5 Å². The number of rotatable bonds is 8. The molecule has 0 aliphatic carbocycles. The highest BCUT2D eigenvalue weighted by Crippen LogP contribution is 2.21. The number of amides is 1. The highest BCUT2D eigenvalue weighted by Gasteiger charge is 2.19. The smallest absolute Gasteiger partial charge is 0.241 e. The maximum atomic E-state index is 12.6. The Morgan fingerprint density at radius 2 is 1.81 bits per heavy atom. The van der Waals surface area contributed by atoms with E-state index in [0.29, 0.717) is 23.6 Å². The minimum absolute atomic E-state index is 0.0508. The fourth-order valence-corrected chi connectivity index (χ4v) is 5.22. The van der Waals surface area contributed by atoms with Crippen LogP contribution in [0.15, 0.2) is 22.4 Å². The topological polar surface area (TPSA) is 88.2 Å². The Morgan fingerprint density at radius 3 is 2.37 bits per heavy atom. The van der Waals surface area contributed by atoms with Gasteiger partial charge in [0.25, 0.3) is 0 Å². The first kappa shape index (κ1) is 21.5. The summed E-state index contributed by atoms with van der Waals surface area (Å²) in [5.41, 5.74) is 3.25. The molecule has 148 valence electrons. The average Bonchev–Trinajstić information content (AvgIpc) is 3.00. The van der Waals surface area contributed by atoms with Gasteiger partial charge in [-0.05, 0) is 31.9 Å². The minimum atomic E-state index is -3.65. The predicted octanol–water partition coefficient (Wildman–Crippen LogP) is 3.18. The van der Waals surface area contributed by atoms with Crippen molar-refractivity contribution in [1.82, 2.24) is 15.0 Å². The Balaban J connectivity index is 1.87. The maximum absolute atomic E-state index is 12.6. The van der Waals surface area contributed by atoms with E-state index in [1.54, 1.807) is 25.2 Å². The number of carbonyl (C=O) groups is 1. The third-order valence-electron chi connectivity index (χ3n) is 4.05. The van der Waals surface area contributed by atoms with Gasteiger partial charge in [0.15, 0.2) is 0 Å². The number of nitrogens with one attached hydrogen (secondary N) is 2. The van der Waals surface area contributed by atoms with Gasteiger partial charge < -0.3 is 5.32 Å². The average molecular weight is 410 g/mol. The molecule has 0 fully saturated rings. The summed E-state index contributed by atoms with van der Waals surface area (Å²) < 4.78 is 27.6. The Bertz CT molecular complexity index is 895. The molecular formula is C19H27N3O3S2. The molecule has 27 heavy (non-hydrogen) atoms. The molecule has 0 atom stereocenters. The first-order valence-electron chi connectivity index (χ1n) is 8.88. The Hall–Kier alpha value is -1.77. The summed E-state index contributed by atoms with van der Waals surface area (Å²) >= 11 is 1.58. The summed E-state index contributed by atoms with van der Waals surface area (Å²) in [5.74, 6) is 0.150. The summed E-state index contributed by atoms with van der Waals surface area (Å²) in [6.45, 7) is 10.0. The molecule has 2 N–H and O–H groups in total. The fraction of sp³-hybridized carbons (Fsp3) is 0.474. The van der Waals surface area contributed by atoms with Crippen molar-refractivity contribution >= 4 is 27.3 Å². The van der Waals surface area contributed by atoms with Crippen LogP contribution >= 0.6 is 11.3 Å². The van der Waals surface area contributed by atoms with Gasteiger partial charge in [0.1, 0.15) is 0 Å². The van der Waals surface area contributed by atoms with E-state index < -0.39 is 10.0 Å². The van der Waals surface area contributed by atoms with Gasteiger partial charge in [-0.2, -0.15) is 0 Å². The number of hydrogen-bond donors (Lipinski definition) is 2. The third kappa shape index (κ3) is 5.85. The van der Waals surface area contributed by atoms with Crippen LogP contribution in [0.3, 0.4) is 0 Å². The summed E-state index contributed by atoms with van der Waals surface area (Å²) in [7, 11) is -3.65. The molecule has 1 aromatic heterocycles. The molecule has 0 unspecified atom stereocenters. The van der Waals surface area contributed by atoms with Gasteiger partial charge in [-0.15, -0.1) is 11.3 Å². The first-order valence-corrected chi connectivity index (χ1v) is 11.2. The summed E-state index contributed by atoms with van der Waals surface area (Å²) in [6, 6.07) is 3.68. The molecule has 0 spiro atoms. The number of nitrogens with zero attached hydrogens (tertiary/aromatic N) is 1. The molecular weight excluding hydrogens is 382 g/mol. The van der Waals surface area contributed by atoms with E-state index in [4.69, 9.17) is 0 Å². The van der Waals surface area contributed by atoms with Crippen molar-refractivity contribution in [2.24, 2.45) is 0 Å². The van der Waals surface area contributed by atoms with Crippen LogP contribution in [0.1, 0.15) is 53.6 Å². The quantitative estimate of drug-likeness (QED) is 0.701. The number of benzene rings is 1. The molecule has 2 rings (SSSR count). The van der Waals surface area contributed by atoms with E-state index >= 15 is 0 Å². The maximum Gasteiger partial charge on any atom is 0.241 e. The van der Waals surface area contributed by atoms with Crippen molar-refractivity contribution in [3.63, 3.8) is 0 Å². The SMILES string of the molecule is Cc1cc(C)c(S(=O)(=O)NCCC(=O)NCc2csc(C(C)C)n2)c(C)c1. The zero-order valence-electron chi connectivity index (χ0n) is 16.4. The van der Waals surface area contributed by atoms with Crippen molar-refractivity contribution in [3.8, 4) is 0 Å². The molecule has 1 amide bonds. The monoisotopic (exact) mass is 409 g/mol. The number of aromatic nitrogens is 1. The minimum Gasteiger partial charge on any atom is -0.350 e. The van der Waals surface area contributed by atoms with Crippen LogP contribution < -0.4 is 10.0 Å². The number of sulfonamides is 1. The molecule has 8 heteroatoms. The Morgan fingerprint density at radius 1 is 1.19 bits per heavy atom. The van der Waals surface area contributed by atoms with E-state index in [-0.39, 0.29) is 23.8 Å². The van der Waals surface area contributed by atoms with Crippen LogP contribution in [-0.2, 0) is 21.4 Å². The lowest BCUT2D eigenvalue weighted by Crippen LogP contribution is -2.31. The highest BCUT2D eigenvalue weighted by molar-refractivity contribution is 7.89. The van der Waals surface area contributed by atoms with Crippen molar-refractivity contribution in [3.05, 3.63) is 44.9 Å². The van der Waals surface area contributed by atoms with Gasteiger partial charge in [0.05, 0.1) is 22.1 Å². The Labute approximate surface area is 165 Å². The fourth-order valence-electron chi connectivity index (χ4n) is 2.91. The van der Waals surface area contributed by atoms with Crippen LogP contribution in [0.5, 0.6) is 0 Å². The highest BCUT2D eigenvalue weighted by atomic mass is 32.2. The largest absolute Gasteiger partial charge is 0.350 e. The molecule has 2 aromatic rings. The molecule has 6 nitrogen and oxygen atoms in total. The molecule has 1 aromatic carbocycles. The number of thiazole rings is 1. The summed E-state index contributed by atoms with van der Waals surface area (Å²) in [5, 5.41) is 5.75. The van der Waals surface area contributed by atoms with E-state index in [1.807, 2.05) is 24.4 Å². The number of hydrogen-bond acceptors (Lipinski definition) is 5. The molecule has 0 saturated carbocycles. The Kier molecular flexibility index (Phi) is 7.13. The van der Waals surface area contributed by atoms with Crippen molar-refractivity contribution < 1.29 is 13.2 Å². The van der Waals surface area contributed by atoms with Gasteiger partial charge in [0.2, 0.25) is 15.9 Å². The molecule has 0 saturated heterocycles. The van der Waals surface area contributed by atoms with Crippen LogP contribution in [0, 0.1) is 20.8 Å². The van der Waals surface area contributed by atoms with Crippen molar-refractivity contribution in [1.29, 1.82) is 0 Å². The third-order valence-corrected chi connectivity index (χ3v) is 7.01. The lowest BCUT2D eigenvalue weighted by atomic mass is 10.1. The van der Waals surface area contributed by atoms with E-state index in [9.17, 15) is 13.2 Å². The molecule has 1 heterocycles. The van der Waals surface area contributed by atoms with Gasteiger partial charge >= 0.3 is 0 Å². The van der Waals surface area contributed by atoms with Crippen molar-refractivity contribution in [2.45, 2.75) is 58.4 Å². The van der Waals surface area contributed by atoms with Crippen LogP contribution in [0.4, 0.5) is 0 Å². The standard InChI is InChI=1S/C19H27N3O3S2/c1-12(2)19-22-16(11-26-19)10-20-17(23)6-7-21-27(24,25)18-14(4)8-13(3)9-15(18)5/h8-9,11-12,21H,6-7,10H2,1-5H3,(H,20,23). The molecule has 0 bridgehead atoms. The summed E-state index contributed by atoms with van der Waals surface area (Å²) in [4.78, 5) is 16.7. The van der Waals surface area contributed by atoms with Crippen LogP contribution in [0.2, 0.25) is 0 Å². The zero-order valence-corrected chi connectivity index (χ0v) is 18.1. The van der Waals surface area contributed by atoms with Gasteiger partial charge in [0, 0.05) is 24.3 Å². The van der Waals surface area contributed by atoms with E-state index in [0.717, 1.165) is 16.3 Å². The lowest BCUT2D eigenvalue weighted by molar-refractivity contribution is -0.121. The van der Waals surface area contributed by atoms with Crippen LogP contribution in [0.25, 0.3) is 0 Å². The van der Waals surface area contributed by atoms with Crippen molar-refractivity contribution in [2.75, 3.05) is 6.54 Å². The second-order valence-electron chi connectivity index (χ2n) is 6.98. The predicted molar refractivity (Wildman–Crippen MR) is 109 cm³/mol. The van der Waals surface area contributed by atoms with Gasteiger partial charge in [-0.3, -0.25) is 4.79 Å². The molecule has 0 radical (unpaired) electrons. The molecule has 0 aliphatic rings.